The van der Waals surface area contributed by atoms with E-state index in [4.69, 9.17) is 11.6 Å². The number of halogens is 1. The molecule has 0 saturated carbocycles. The van der Waals surface area contributed by atoms with E-state index in [1.54, 1.807) is 41.3 Å². The predicted molar refractivity (Wildman–Crippen MR) is 139 cm³/mol. The number of hydrogen-bond acceptors (Lipinski definition) is 4. The lowest BCUT2D eigenvalue weighted by Gasteiger charge is -2.31. The quantitative estimate of drug-likeness (QED) is 0.425. The van der Waals surface area contributed by atoms with Gasteiger partial charge in [-0.3, -0.25) is 9.59 Å². The van der Waals surface area contributed by atoms with Crippen molar-refractivity contribution in [2.45, 2.75) is 57.5 Å². The van der Waals surface area contributed by atoms with Gasteiger partial charge in [0.15, 0.2) is 0 Å². The first kappa shape index (κ1) is 28.8. The van der Waals surface area contributed by atoms with Crippen molar-refractivity contribution in [1.29, 1.82) is 0 Å². The number of amides is 2. The summed E-state index contributed by atoms with van der Waals surface area (Å²) in [6, 6.07) is 14.8. The maximum atomic E-state index is 13.3. The van der Waals surface area contributed by atoms with Crippen LogP contribution in [0.25, 0.3) is 0 Å². The molecule has 192 valence electrons. The predicted octanol–water partition coefficient (Wildman–Crippen LogP) is 4.32. The van der Waals surface area contributed by atoms with Crippen molar-refractivity contribution in [2.24, 2.45) is 5.92 Å². The minimum atomic E-state index is -3.63. The molecule has 0 aliphatic heterocycles. The number of hydrogen-bond donors (Lipinski definition) is 1. The second kappa shape index (κ2) is 13.6. The van der Waals surface area contributed by atoms with Gasteiger partial charge in [-0.2, -0.15) is 0 Å². The van der Waals surface area contributed by atoms with Crippen LogP contribution in [-0.2, 0) is 26.2 Å². The van der Waals surface area contributed by atoms with Crippen LogP contribution in [0.5, 0.6) is 0 Å². The van der Waals surface area contributed by atoms with Crippen LogP contribution >= 0.6 is 11.6 Å². The van der Waals surface area contributed by atoms with Crippen LogP contribution in [0.4, 0.5) is 0 Å². The van der Waals surface area contributed by atoms with Gasteiger partial charge in [0.1, 0.15) is 6.04 Å². The largest absolute Gasteiger partial charge is 0.354 e. The first-order valence-electron chi connectivity index (χ1n) is 11.9. The molecule has 0 spiro atoms. The van der Waals surface area contributed by atoms with Gasteiger partial charge in [0.05, 0.1) is 4.90 Å². The van der Waals surface area contributed by atoms with E-state index in [-0.39, 0.29) is 42.1 Å². The molecule has 0 aliphatic carbocycles. The third-order valence-corrected chi connectivity index (χ3v) is 7.92. The summed E-state index contributed by atoms with van der Waals surface area (Å²) in [5.41, 5.74) is 0.751. The normalized spacial score (nSPS) is 12.5. The highest BCUT2D eigenvalue weighted by molar-refractivity contribution is 7.89. The Kier molecular flexibility index (Phi) is 11.2. The van der Waals surface area contributed by atoms with E-state index in [1.807, 2.05) is 39.0 Å². The highest BCUT2D eigenvalue weighted by Gasteiger charge is 2.29. The Bertz CT molecular complexity index is 1080. The molecule has 0 aromatic heterocycles. The van der Waals surface area contributed by atoms with Crippen LogP contribution in [0.2, 0.25) is 5.02 Å². The third kappa shape index (κ3) is 8.33. The monoisotopic (exact) mass is 521 g/mol. The molecule has 1 N–H and O–H groups in total. The summed E-state index contributed by atoms with van der Waals surface area (Å²) in [5, 5.41) is 3.45. The summed E-state index contributed by atoms with van der Waals surface area (Å²) in [6.07, 6.45) is 0.875. The number of sulfonamides is 1. The van der Waals surface area contributed by atoms with E-state index in [9.17, 15) is 18.0 Å². The van der Waals surface area contributed by atoms with Gasteiger partial charge in [-0.1, -0.05) is 68.8 Å². The van der Waals surface area contributed by atoms with E-state index < -0.39 is 16.1 Å². The number of carbonyl (C=O) groups is 2. The Morgan fingerprint density at radius 1 is 1.03 bits per heavy atom. The summed E-state index contributed by atoms with van der Waals surface area (Å²) in [5.74, 6) is -0.140. The first-order valence-corrected chi connectivity index (χ1v) is 13.7. The van der Waals surface area contributed by atoms with Crippen molar-refractivity contribution in [3.05, 3.63) is 65.2 Å². The van der Waals surface area contributed by atoms with Crippen molar-refractivity contribution in [2.75, 3.05) is 20.1 Å². The molecule has 2 rings (SSSR count). The van der Waals surface area contributed by atoms with Gasteiger partial charge in [0.25, 0.3) is 0 Å². The summed E-state index contributed by atoms with van der Waals surface area (Å²) in [6.45, 7) is 6.78. The molecule has 2 aromatic rings. The van der Waals surface area contributed by atoms with Crippen LogP contribution in [0, 0.1) is 5.92 Å². The molecule has 0 aliphatic rings. The van der Waals surface area contributed by atoms with E-state index in [0.29, 0.717) is 24.4 Å². The van der Waals surface area contributed by atoms with Crippen molar-refractivity contribution in [1.82, 2.24) is 14.5 Å². The van der Waals surface area contributed by atoms with Crippen LogP contribution in [0.3, 0.4) is 0 Å². The zero-order chi connectivity index (χ0) is 26.0. The molecule has 0 saturated heterocycles. The molecular weight excluding hydrogens is 486 g/mol. The van der Waals surface area contributed by atoms with Crippen molar-refractivity contribution in [3.8, 4) is 0 Å². The topological polar surface area (TPSA) is 86.8 Å². The zero-order valence-electron chi connectivity index (χ0n) is 20.9. The third-order valence-electron chi connectivity index (χ3n) is 5.68. The summed E-state index contributed by atoms with van der Waals surface area (Å²) in [4.78, 5) is 28.1. The smallest absolute Gasteiger partial charge is 0.242 e. The van der Waals surface area contributed by atoms with Gasteiger partial charge < -0.3 is 10.2 Å². The lowest BCUT2D eigenvalue weighted by Crippen LogP contribution is -2.49. The fraction of sp³-hybridized carbons (Fsp3) is 0.462. The van der Waals surface area contributed by atoms with Crippen molar-refractivity contribution < 1.29 is 18.0 Å². The van der Waals surface area contributed by atoms with E-state index in [2.05, 4.69) is 5.32 Å². The highest BCUT2D eigenvalue weighted by Crippen LogP contribution is 2.21. The molecule has 1 atom stereocenters. The number of rotatable bonds is 13. The minimum absolute atomic E-state index is 0.104. The van der Waals surface area contributed by atoms with Crippen LogP contribution in [0.1, 0.15) is 45.6 Å². The Hall–Kier alpha value is -2.42. The highest BCUT2D eigenvalue weighted by atomic mass is 35.5. The Balaban J connectivity index is 2.13. The van der Waals surface area contributed by atoms with Crippen molar-refractivity contribution in [3.63, 3.8) is 0 Å². The number of nitrogens with zero attached hydrogens (tertiary/aromatic N) is 2. The summed E-state index contributed by atoms with van der Waals surface area (Å²) < 4.78 is 26.8. The fourth-order valence-electron chi connectivity index (χ4n) is 3.64. The minimum Gasteiger partial charge on any atom is -0.354 e. The maximum absolute atomic E-state index is 13.3. The Labute approximate surface area is 214 Å². The molecule has 35 heavy (non-hydrogen) atoms. The first-order chi connectivity index (χ1) is 16.6. The summed E-state index contributed by atoms with van der Waals surface area (Å²) >= 11 is 6.35. The maximum Gasteiger partial charge on any atom is 0.242 e. The van der Waals surface area contributed by atoms with E-state index in [1.165, 1.54) is 11.4 Å². The molecular formula is C26H36ClN3O4S. The molecule has 0 fully saturated rings. The number of benzene rings is 2. The molecule has 0 heterocycles. The van der Waals surface area contributed by atoms with Gasteiger partial charge in [0, 0.05) is 38.1 Å². The molecule has 2 amide bonds. The zero-order valence-corrected chi connectivity index (χ0v) is 22.5. The fourth-order valence-corrected chi connectivity index (χ4v) is 5.07. The van der Waals surface area contributed by atoms with Gasteiger partial charge in [-0.25, -0.2) is 12.7 Å². The van der Waals surface area contributed by atoms with E-state index in [0.717, 1.165) is 5.56 Å². The van der Waals surface area contributed by atoms with Gasteiger partial charge in [-0.15, -0.1) is 0 Å². The van der Waals surface area contributed by atoms with Crippen LogP contribution < -0.4 is 5.32 Å². The lowest BCUT2D eigenvalue weighted by molar-refractivity contribution is -0.141. The number of nitrogens with one attached hydrogen (secondary N) is 1. The second-order valence-corrected chi connectivity index (χ2v) is 11.4. The molecule has 9 heteroatoms. The van der Waals surface area contributed by atoms with E-state index >= 15 is 0 Å². The average Bonchev–Trinajstić information content (AvgIpc) is 2.84. The van der Waals surface area contributed by atoms with Crippen LogP contribution in [0.15, 0.2) is 59.5 Å². The lowest BCUT2D eigenvalue weighted by atomic mass is 10.1. The molecule has 2 aromatic carbocycles. The average molecular weight is 522 g/mol. The van der Waals surface area contributed by atoms with Gasteiger partial charge in [0.2, 0.25) is 21.8 Å². The van der Waals surface area contributed by atoms with Crippen LogP contribution in [-0.4, -0.2) is 55.6 Å². The molecule has 0 radical (unpaired) electrons. The number of carbonyl (C=O) groups excluding carboxylic acids is 2. The van der Waals surface area contributed by atoms with Crippen molar-refractivity contribution >= 4 is 33.4 Å². The standard InChI is InChI=1S/C26H36ClN3O4S/c1-5-24(26(32)28-18-20(2)3)30(19-21-12-9-10-15-23(21)27)25(31)16-11-17-29(4)35(33,34)22-13-7-6-8-14-22/h6-10,12-15,20,24H,5,11,16-19H2,1-4H3,(H,28,32)/t24-/m0/s1. The van der Waals surface area contributed by atoms with Gasteiger partial charge >= 0.3 is 0 Å². The molecule has 0 unspecified atom stereocenters. The SMILES string of the molecule is CC[C@@H](C(=O)NCC(C)C)N(Cc1ccccc1Cl)C(=O)CCCN(C)S(=O)(=O)c1ccccc1. The second-order valence-electron chi connectivity index (χ2n) is 8.92. The Morgan fingerprint density at radius 3 is 2.26 bits per heavy atom. The molecule has 0 bridgehead atoms. The molecule has 7 nitrogen and oxygen atoms in total. The Morgan fingerprint density at radius 2 is 1.66 bits per heavy atom. The summed E-state index contributed by atoms with van der Waals surface area (Å²) in [7, 11) is -2.13. The van der Waals surface area contributed by atoms with Gasteiger partial charge in [-0.05, 0) is 42.5 Å².